The minimum Gasteiger partial charge on any atom is -0.468 e. The normalized spacial score (nSPS) is 13.3. The lowest BCUT2D eigenvalue weighted by atomic mass is 9.93. The van der Waals surface area contributed by atoms with E-state index in [1.165, 1.54) is 7.11 Å². The molecule has 2 N–H and O–H groups in total. The third-order valence-electron chi connectivity index (χ3n) is 2.62. The van der Waals surface area contributed by atoms with Crippen LogP contribution < -0.4 is 5.73 Å². The maximum Gasteiger partial charge on any atom is 0.322 e. The van der Waals surface area contributed by atoms with Gasteiger partial charge in [-0.3, -0.25) is 4.79 Å². The summed E-state index contributed by atoms with van der Waals surface area (Å²) in [6.45, 7) is 6.48. The van der Waals surface area contributed by atoms with Crippen molar-refractivity contribution in [2.45, 2.75) is 44.4 Å². The van der Waals surface area contributed by atoms with Crippen LogP contribution in [0.25, 0.3) is 0 Å². The summed E-state index contributed by atoms with van der Waals surface area (Å²) in [7, 11) is 1.36. The first-order valence-corrected chi connectivity index (χ1v) is 8.24. The SMILES string of the molecule is COC(=O)C(N)CCSCc1nc(C(C)(C)C)cs1. The number of methoxy groups -OCH3 is 1. The number of thiazole rings is 1. The molecular weight excluding hydrogens is 280 g/mol. The number of carbonyl (C=O) groups excluding carboxylic acids is 1. The minimum atomic E-state index is -0.515. The van der Waals surface area contributed by atoms with Crippen LogP contribution in [-0.2, 0) is 20.7 Å². The van der Waals surface area contributed by atoms with E-state index in [0.717, 1.165) is 22.2 Å². The second-order valence-electron chi connectivity index (χ2n) is 5.35. The average molecular weight is 302 g/mol. The van der Waals surface area contributed by atoms with Crippen molar-refractivity contribution in [1.82, 2.24) is 4.98 Å². The molecule has 0 aromatic carbocycles. The summed E-state index contributed by atoms with van der Waals surface area (Å²) in [5.41, 5.74) is 6.91. The smallest absolute Gasteiger partial charge is 0.322 e. The quantitative estimate of drug-likeness (QED) is 0.646. The molecule has 0 aliphatic carbocycles. The molecule has 0 saturated heterocycles. The lowest BCUT2D eigenvalue weighted by Gasteiger charge is -2.14. The maximum absolute atomic E-state index is 11.1. The van der Waals surface area contributed by atoms with Crippen LogP contribution in [0.1, 0.15) is 37.9 Å². The summed E-state index contributed by atoms with van der Waals surface area (Å²) >= 11 is 3.44. The van der Waals surface area contributed by atoms with Gasteiger partial charge < -0.3 is 10.5 Å². The van der Waals surface area contributed by atoms with Gasteiger partial charge in [0, 0.05) is 16.5 Å². The van der Waals surface area contributed by atoms with Crippen molar-refractivity contribution in [3.05, 3.63) is 16.1 Å². The molecule has 1 unspecified atom stereocenters. The summed E-state index contributed by atoms with van der Waals surface area (Å²) in [6.07, 6.45) is 0.634. The van der Waals surface area contributed by atoms with E-state index >= 15 is 0 Å². The van der Waals surface area contributed by atoms with Crippen LogP contribution in [0.2, 0.25) is 0 Å². The maximum atomic E-state index is 11.1. The average Bonchev–Trinajstić information content (AvgIpc) is 2.81. The molecule has 19 heavy (non-hydrogen) atoms. The molecule has 1 rings (SSSR count). The Kier molecular flexibility index (Phi) is 6.29. The first-order chi connectivity index (χ1) is 8.84. The monoisotopic (exact) mass is 302 g/mol. The van der Waals surface area contributed by atoms with E-state index in [9.17, 15) is 4.79 Å². The lowest BCUT2D eigenvalue weighted by Crippen LogP contribution is -2.31. The molecule has 1 aromatic rings. The fourth-order valence-corrected chi connectivity index (χ4v) is 3.49. The third-order valence-corrected chi connectivity index (χ3v) is 4.66. The Labute approximate surface area is 123 Å². The van der Waals surface area contributed by atoms with Gasteiger partial charge in [-0.15, -0.1) is 11.3 Å². The van der Waals surface area contributed by atoms with Gasteiger partial charge in [-0.2, -0.15) is 11.8 Å². The molecule has 108 valence electrons. The Morgan fingerprint density at radius 1 is 1.58 bits per heavy atom. The number of rotatable bonds is 6. The van der Waals surface area contributed by atoms with E-state index in [2.05, 4.69) is 35.9 Å². The van der Waals surface area contributed by atoms with Gasteiger partial charge in [0.15, 0.2) is 0 Å². The summed E-state index contributed by atoms with van der Waals surface area (Å²) in [4.78, 5) is 15.7. The van der Waals surface area contributed by atoms with Gasteiger partial charge in [0.1, 0.15) is 11.0 Å². The van der Waals surface area contributed by atoms with Crippen molar-refractivity contribution in [3.63, 3.8) is 0 Å². The van der Waals surface area contributed by atoms with Gasteiger partial charge in [0.2, 0.25) is 0 Å². The molecule has 0 amide bonds. The van der Waals surface area contributed by atoms with Crippen molar-refractivity contribution >= 4 is 29.1 Å². The van der Waals surface area contributed by atoms with Crippen LogP contribution in [0.15, 0.2) is 5.38 Å². The number of esters is 1. The number of aromatic nitrogens is 1. The molecule has 1 atom stereocenters. The second kappa shape index (κ2) is 7.26. The van der Waals surface area contributed by atoms with E-state index in [-0.39, 0.29) is 11.4 Å². The van der Waals surface area contributed by atoms with Crippen LogP contribution in [-0.4, -0.2) is 29.9 Å². The lowest BCUT2D eigenvalue weighted by molar-refractivity contribution is -0.142. The van der Waals surface area contributed by atoms with E-state index in [1.54, 1.807) is 23.1 Å². The zero-order valence-electron chi connectivity index (χ0n) is 11.9. The van der Waals surface area contributed by atoms with Crippen molar-refractivity contribution in [3.8, 4) is 0 Å². The first kappa shape index (κ1) is 16.5. The predicted molar refractivity (Wildman–Crippen MR) is 81.6 cm³/mol. The Hall–Kier alpha value is -0.590. The van der Waals surface area contributed by atoms with Crippen LogP contribution >= 0.6 is 23.1 Å². The fraction of sp³-hybridized carbons (Fsp3) is 0.692. The molecule has 0 saturated carbocycles. The number of nitrogens with two attached hydrogens (primary N) is 1. The molecular formula is C13H22N2O2S2. The van der Waals surface area contributed by atoms with E-state index in [0.29, 0.717) is 6.42 Å². The molecule has 6 heteroatoms. The minimum absolute atomic E-state index is 0.104. The second-order valence-corrected chi connectivity index (χ2v) is 7.40. The largest absolute Gasteiger partial charge is 0.468 e. The Morgan fingerprint density at radius 2 is 2.26 bits per heavy atom. The summed E-state index contributed by atoms with van der Waals surface area (Å²) in [5, 5.41) is 3.25. The van der Waals surface area contributed by atoms with Crippen LogP contribution in [0.5, 0.6) is 0 Å². The molecule has 4 nitrogen and oxygen atoms in total. The van der Waals surface area contributed by atoms with Gasteiger partial charge in [-0.1, -0.05) is 20.8 Å². The Bertz CT molecular complexity index is 413. The fourth-order valence-electron chi connectivity index (χ4n) is 1.36. The van der Waals surface area contributed by atoms with Crippen LogP contribution in [0, 0.1) is 0 Å². The Balaban J connectivity index is 2.30. The number of thioether (sulfide) groups is 1. The molecule has 0 spiro atoms. The number of hydrogen-bond donors (Lipinski definition) is 1. The zero-order valence-corrected chi connectivity index (χ0v) is 13.6. The molecule has 0 fully saturated rings. The van der Waals surface area contributed by atoms with Gasteiger partial charge >= 0.3 is 5.97 Å². The van der Waals surface area contributed by atoms with Gasteiger partial charge in [0.25, 0.3) is 0 Å². The highest BCUT2D eigenvalue weighted by Gasteiger charge is 2.17. The summed E-state index contributed by atoms with van der Waals surface area (Å²) in [5.74, 6) is 1.36. The van der Waals surface area contributed by atoms with Gasteiger partial charge in [0.05, 0.1) is 12.8 Å². The summed E-state index contributed by atoms with van der Waals surface area (Å²) in [6, 6.07) is -0.515. The van der Waals surface area contributed by atoms with Crippen LogP contribution in [0.3, 0.4) is 0 Å². The van der Waals surface area contributed by atoms with Gasteiger partial charge in [-0.25, -0.2) is 4.98 Å². The van der Waals surface area contributed by atoms with E-state index < -0.39 is 6.04 Å². The van der Waals surface area contributed by atoms with E-state index in [4.69, 9.17) is 5.73 Å². The van der Waals surface area contributed by atoms with E-state index in [1.807, 2.05) is 0 Å². The molecule has 1 heterocycles. The molecule has 0 aliphatic rings. The predicted octanol–water partition coefficient (Wildman–Crippen LogP) is 2.56. The van der Waals surface area contributed by atoms with Crippen molar-refractivity contribution in [2.24, 2.45) is 5.73 Å². The van der Waals surface area contributed by atoms with Crippen molar-refractivity contribution < 1.29 is 9.53 Å². The highest BCUT2D eigenvalue weighted by atomic mass is 32.2. The summed E-state index contributed by atoms with van der Waals surface area (Å²) < 4.78 is 4.58. The number of ether oxygens (including phenoxy) is 1. The number of nitrogens with zero attached hydrogens (tertiary/aromatic N) is 1. The molecule has 1 aromatic heterocycles. The molecule has 0 aliphatic heterocycles. The number of hydrogen-bond acceptors (Lipinski definition) is 6. The molecule has 0 bridgehead atoms. The highest BCUT2D eigenvalue weighted by molar-refractivity contribution is 7.98. The number of carbonyl (C=O) groups is 1. The van der Waals surface area contributed by atoms with Crippen molar-refractivity contribution in [1.29, 1.82) is 0 Å². The standard InChI is InChI=1S/C13H22N2O2S2/c1-13(2,3)10-7-19-11(15-10)8-18-6-5-9(14)12(16)17-4/h7,9H,5-6,8,14H2,1-4H3. The third kappa shape index (κ3) is 5.50. The first-order valence-electron chi connectivity index (χ1n) is 6.20. The van der Waals surface area contributed by atoms with Crippen molar-refractivity contribution in [2.75, 3.05) is 12.9 Å². The molecule has 0 radical (unpaired) electrons. The van der Waals surface area contributed by atoms with Crippen LogP contribution in [0.4, 0.5) is 0 Å². The highest BCUT2D eigenvalue weighted by Crippen LogP contribution is 2.26. The van der Waals surface area contributed by atoms with Gasteiger partial charge in [-0.05, 0) is 12.2 Å². The topological polar surface area (TPSA) is 65.2 Å². The zero-order chi connectivity index (χ0) is 14.5. The Morgan fingerprint density at radius 3 is 2.79 bits per heavy atom.